The smallest absolute Gasteiger partial charge is 0.177 e. The average Bonchev–Trinajstić information content (AvgIpc) is 2.06. The lowest BCUT2D eigenvalue weighted by molar-refractivity contribution is -0.223. The molecule has 0 spiro atoms. The van der Waals surface area contributed by atoms with E-state index < -0.39 is 6.29 Å². The minimum atomic E-state index is -0.821. The highest BCUT2D eigenvalue weighted by atomic mass is 16.7. The third-order valence-electron chi connectivity index (χ3n) is 1.79. The number of hydrogen-bond acceptors (Lipinski definition) is 3. The summed E-state index contributed by atoms with van der Waals surface area (Å²) < 4.78 is 10.5. The van der Waals surface area contributed by atoms with E-state index in [2.05, 4.69) is 0 Å². The molecule has 1 aliphatic heterocycles. The van der Waals surface area contributed by atoms with Gasteiger partial charge in [0.1, 0.15) is 0 Å². The molecule has 0 bridgehead atoms. The second kappa shape index (κ2) is 5.30. The van der Waals surface area contributed by atoms with Gasteiger partial charge >= 0.3 is 0 Å². The molecule has 3 nitrogen and oxygen atoms in total. The highest BCUT2D eigenvalue weighted by Gasteiger charge is 2.16. The fourth-order valence-corrected chi connectivity index (χ4v) is 1.18. The molecule has 0 radical (unpaired) electrons. The molecule has 0 aliphatic carbocycles. The Labute approximate surface area is 73.0 Å². The van der Waals surface area contributed by atoms with Crippen molar-refractivity contribution in [1.29, 1.82) is 0 Å². The first-order valence-corrected chi connectivity index (χ1v) is 4.41. The molecule has 12 heavy (non-hydrogen) atoms. The fourth-order valence-electron chi connectivity index (χ4n) is 1.18. The summed E-state index contributed by atoms with van der Waals surface area (Å²) in [6.45, 7) is 2.58. The van der Waals surface area contributed by atoms with Crippen LogP contribution >= 0.6 is 0 Å². The molecular formula is C9H16O3. The van der Waals surface area contributed by atoms with Crippen molar-refractivity contribution in [2.45, 2.75) is 38.8 Å². The van der Waals surface area contributed by atoms with Crippen molar-refractivity contribution in [3.8, 4) is 0 Å². The van der Waals surface area contributed by atoms with Crippen LogP contribution in [0.3, 0.4) is 0 Å². The van der Waals surface area contributed by atoms with Crippen LogP contribution in [0.15, 0.2) is 12.2 Å². The normalized spacial score (nSPS) is 27.7. The average molecular weight is 172 g/mol. The lowest BCUT2D eigenvalue weighted by Gasteiger charge is -2.24. The van der Waals surface area contributed by atoms with Crippen molar-refractivity contribution in [2.24, 2.45) is 0 Å². The maximum atomic E-state index is 9.21. The summed E-state index contributed by atoms with van der Waals surface area (Å²) in [5.74, 6) is 0. The summed E-state index contributed by atoms with van der Waals surface area (Å²) in [7, 11) is 0. The Bertz CT molecular complexity index is 139. The van der Waals surface area contributed by atoms with Crippen LogP contribution in [0, 0.1) is 0 Å². The van der Waals surface area contributed by atoms with Crippen LogP contribution in [0.2, 0.25) is 0 Å². The van der Waals surface area contributed by atoms with Crippen molar-refractivity contribution in [1.82, 2.24) is 0 Å². The molecule has 0 aromatic rings. The van der Waals surface area contributed by atoms with E-state index in [4.69, 9.17) is 9.47 Å². The van der Waals surface area contributed by atoms with Gasteiger partial charge in [0.25, 0.3) is 0 Å². The molecular weight excluding hydrogens is 156 g/mol. The summed E-state index contributed by atoms with van der Waals surface area (Å²) in [5.41, 5.74) is 0. The molecule has 0 saturated carbocycles. The van der Waals surface area contributed by atoms with Crippen LogP contribution < -0.4 is 0 Å². The first-order valence-electron chi connectivity index (χ1n) is 4.41. The van der Waals surface area contributed by atoms with Crippen molar-refractivity contribution < 1.29 is 14.6 Å². The SMILES string of the molecule is CC=CC(O)OC1CCCCO1. The number of hydrogen-bond donors (Lipinski definition) is 1. The van der Waals surface area contributed by atoms with Gasteiger partial charge < -0.3 is 14.6 Å². The molecule has 2 atom stereocenters. The first-order chi connectivity index (χ1) is 5.83. The molecule has 1 N–H and O–H groups in total. The topological polar surface area (TPSA) is 38.7 Å². The Morgan fingerprint density at radius 3 is 3.00 bits per heavy atom. The van der Waals surface area contributed by atoms with E-state index in [1.54, 1.807) is 12.2 Å². The number of aliphatic hydroxyl groups is 1. The number of rotatable bonds is 3. The molecule has 1 fully saturated rings. The summed E-state index contributed by atoms with van der Waals surface area (Å²) in [6, 6.07) is 0. The molecule has 1 rings (SSSR count). The molecule has 0 aromatic heterocycles. The van der Waals surface area contributed by atoms with Gasteiger partial charge in [0, 0.05) is 6.61 Å². The van der Waals surface area contributed by atoms with Crippen molar-refractivity contribution in [3.05, 3.63) is 12.2 Å². The lowest BCUT2D eigenvalue weighted by Crippen LogP contribution is -2.26. The van der Waals surface area contributed by atoms with Gasteiger partial charge in [0.05, 0.1) is 0 Å². The predicted molar refractivity (Wildman–Crippen MR) is 45.5 cm³/mol. The Morgan fingerprint density at radius 2 is 2.42 bits per heavy atom. The zero-order valence-electron chi connectivity index (χ0n) is 7.40. The third-order valence-corrected chi connectivity index (χ3v) is 1.79. The second-order valence-electron chi connectivity index (χ2n) is 2.85. The van der Waals surface area contributed by atoms with Crippen LogP contribution in [-0.2, 0) is 9.47 Å². The highest BCUT2D eigenvalue weighted by molar-refractivity contribution is 4.80. The Hall–Kier alpha value is -0.380. The van der Waals surface area contributed by atoms with Crippen LogP contribution in [0.4, 0.5) is 0 Å². The van der Waals surface area contributed by atoms with E-state index in [0.717, 1.165) is 25.9 Å². The minimum Gasteiger partial charge on any atom is -0.365 e. The van der Waals surface area contributed by atoms with Gasteiger partial charge in [0.2, 0.25) is 0 Å². The zero-order chi connectivity index (χ0) is 8.81. The maximum absolute atomic E-state index is 9.21. The number of ether oxygens (including phenoxy) is 2. The molecule has 1 aliphatic rings. The van der Waals surface area contributed by atoms with Crippen molar-refractivity contribution in [3.63, 3.8) is 0 Å². The van der Waals surface area contributed by atoms with E-state index in [-0.39, 0.29) is 6.29 Å². The van der Waals surface area contributed by atoms with Crippen LogP contribution in [0.1, 0.15) is 26.2 Å². The lowest BCUT2D eigenvalue weighted by atomic mass is 10.2. The fraction of sp³-hybridized carbons (Fsp3) is 0.778. The standard InChI is InChI=1S/C9H16O3/c1-2-5-8(10)12-9-6-3-4-7-11-9/h2,5,8-10H,3-4,6-7H2,1H3. The van der Waals surface area contributed by atoms with E-state index in [9.17, 15) is 5.11 Å². The second-order valence-corrected chi connectivity index (χ2v) is 2.85. The van der Waals surface area contributed by atoms with Gasteiger partial charge in [-0.3, -0.25) is 0 Å². The Kier molecular flexibility index (Phi) is 4.29. The maximum Gasteiger partial charge on any atom is 0.177 e. The van der Waals surface area contributed by atoms with E-state index in [1.807, 2.05) is 6.92 Å². The van der Waals surface area contributed by atoms with Crippen LogP contribution in [-0.4, -0.2) is 24.3 Å². The first kappa shape index (κ1) is 9.71. The Balaban J connectivity index is 2.19. The van der Waals surface area contributed by atoms with E-state index in [0.29, 0.717) is 0 Å². The van der Waals surface area contributed by atoms with Crippen LogP contribution in [0.5, 0.6) is 0 Å². The summed E-state index contributed by atoms with van der Waals surface area (Å²) in [4.78, 5) is 0. The van der Waals surface area contributed by atoms with Gasteiger partial charge in [0.15, 0.2) is 12.6 Å². The van der Waals surface area contributed by atoms with Gasteiger partial charge in [-0.25, -0.2) is 0 Å². The quantitative estimate of drug-likeness (QED) is 0.517. The minimum absolute atomic E-state index is 0.218. The summed E-state index contributed by atoms with van der Waals surface area (Å²) in [5, 5.41) is 9.21. The molecule has 2 unspecified atom stereocenters. The molecule has 0 amide bonds. The largest absolute Gasteiger partial charge is 0.365 e. The number of aliphatic hydroxyl groups excluding tert-OH is 1. The van der Waals surface area contributed by atoms with Crippen molar-refractivity contribution >= 4 is 0 Å². The number of allylic oxidation sites excluding steroid dienone is 1. The molecule has 0 aromatic carbocycles. The Morgan fingerprint density at radius 1 is 1.58 bits per heavy atom. The van der Waals surface area contributed by atoms with Gasteiger partial charge in [-0.05, 0) is 32.3 Å². The van der Waals surface area contributed by atoms with Crippen molar-refractivity contribution in [2.75, 3.05) is 6.61 Å². The molecule has 70 valence electrons. The highest BCUT2D eigenvalue weighted by Crippen LogP contribution is 2.14. The molecule has 1 saturated heterocycles. The van der Waals surface area contributed by atoms with E-state index in [1.165, 1.54) is 0 Å². The van der Waals surface area contributed by atoms with Gasteiger partial charge in [-0.1, -0.05) is 6.08 Å². The van der Waals surface area contributed by atoms with Gasteiger partial charge in [-0.15, -0.1) is 0 Å². The van der Waals surface area contributed by atoms with E-state index >= 15 is 0 Å². The molecule has 3 heteroatoms. The summed E-state index contributed by atoms with van der Waals surface area (Å²) >= 11 is 0. The van der Waals surface area contributed by atoms with Crippen LogP contribution in [0.25, 0.3) is 0 Å². The zero-order valence-corrected chi connectivity index (χ0v) is 7.40. The monoisotopic (exact) mass is 172 g/mol. The van der Waals surface area contributed by atoms with Gasteiger partial charge in [-0.2, -0.15) is 0 Å². The summed E-state index contributed by atoms with van der Waals surface area (Å²) in [6.07, 6.45) is 5.41. The third kappa shape index (κ3) is 3.34. The predicted octanol–water partition coefficient (Wildman–Crippen LogP) is 1.42. The molecule has 1 heterocycles.